The van der Waals surface area contributed by atoms with E-state index in [2.05, 4.69) is 40.8 Å². The van der Waals surface area contributed by atoms with Crippen LogP contribution >= 0.6 is 22.6 Å². The first-order chi connectivity index (χ1) is 6.79. The van der Waals surface area contributed by atoms with E-state index in [0.717, 1.165) is 24.4 Å². The van der Waals surface area contributed by atoms with Gasteiger partial charge in [-0.05, 0) is 40.3 Å². The highest BCUT2D eigenvalue weighted by atomic mass is 127. The molecule has 1 unspecified atom stereocenters. The number of hydrogen-bond acceptors (Lipinski definition) is 2. The quantitative estimate of drug-likeness (QED) is 0.852. The lowest BCUT2D eigenvalue weighted by molar-refractivity contribution is 0.225. The van der Waals surface area contributed by atoms with Gasteiger partial charge in [0.1, 0.15) is 5.76 Å². The van der Waals surface area contributed by atoms with E-state index in [1.807, 2.05) is 12.1 Å². The first-order valence-corrected chi connectivity index (χ1v) is 5.70. The van der Waals surface area contributed by atoms with Crippen molar-refractivity contribution in [1.29, 1.82) is 0 Å². The average molecular weight is 301 g/mol. The zero-order valence-electron chi connectivity index (χ0n) is 7.74. The lowest BCUT2D eigenvalue weighted by atomic mass is 10.1. The van der Waals surface area contributed by atoms with E-state index in [-0.39, 0.29) is 6.04 Å². The summed E-state index contributed by atoms with van der Waals surface area (Å²) in [6, 6.07) is 8.03. The van der Waals surface area contributed by atoms with Crippen molar-refractivity contribution in [3.8, 4) is 0 Å². The number of ether oxygens (including phenoxy) is 1. The van der Waals surface area contributed by atoms with Crippen LogP contribution in [-0.4, -0.2) is 6.61 Å². The normalized spacial score (nSPS) is 17.4. The van der Waals surface area contributed by atoms with Gasteiger partial charge in [0, 0.05) is 9.99 Å². The van der Waals surface area contributed by atoms with E-state index in [1.165, 1.54) is 3.57 Å². The lowest BCUT2D eigenvalue weighted by Gasteiger charge is -2.14. The van der Waals surface area contributed by atoms with Crippen molar-refractivity contribution in [2.45, 2.75) is 12.5 Å². The van der Waals surface area contributed by atoms with Crippen molar-refractivity contribution in [3.05, 3.63) is 45.2 Å². The summed E-state index contributed by atoms with van der Waals surface area (Å²) in [6.07, 6.45) is 3.06. The van der Waals surface area contributed by atoms with Gasteiger partial charge in [0.2, 0.25) is 0 Å². The van der Waals surface area contributed by atoms with Crippen molar-refractivity contribution >= 4 is 22.6 Å². The first kappa shape index (κ1) is 9.98. The molecule has 0 bridgehead atoms. The smallest absolute Gasteiger partial charge is 0.113 e. The number of rotatable bonds is 2. The molecule has 1 aromatic carbocycles. The fraction of sp³-hybridized carbons (Fsp3) is 0.273. The molecule has 0 saturated carbocycles. The van der Waals surface area contributed by atoms with Gasteiger partial charge in [-0.1, -0.05) is 18.2 Å². The second-order valence-corrected chi connectivity index (χ2v) is 4.41. The SMILES string of the molecule is NC(C1=CCCO1)c1ccccc1I. The monoisotopic (exact) mass is 301 g/mol. The number of nitrogens with two attached hydrogens (primary N) is 1. The van der Waals surface area contributed by atoms with Gasteiger partial charge in [-0.2, -0.15) is 0 Å². The van der Waals surface area contributed by atoms with Crippen LogP contribution in [-0.2, 0) is 4.74 Å². The Hall–Kier alpha value is -0.550. The first-order valence-electron chi connectivity index (χ1n) is 4.62. The Labute approximate surface area is 97.3 Å². The van der Waals surface area contributed by atoms with Gasteiger partial charge in [0.15, 0.2) is 0 Å². The predicted molar refractivity (Wildman–Crippen MR) is 64.7 cm³/mol. The number of halogens is 1. The molecule has 1 heterocycles. The summed E-state index contributed by atoms with van der Waals surface area (Å²) in [5, 5.41) is 0. The second-order valence-electron chi connectivity index (χ2n) is 3.24. The van der Waals surface area contributed by atoms with Crippen LogP contribution in [0.5, 0.6) is 0 Å². The van der Waals surface area contributed by atoms with E-state index in [4.69, 9.17) is 10.5 Å². The zero-order chi connectivity index (χ0) is 9.97. The summed E-state index contributed by atoms with van der Waals surface area (Å²) in [6.45, 7) is 0.770. The Bertz CT molecular complexity index is 362. The molecular formula is C11H12INO. The largest absolute Gasteiger partial charge is 0.496 e. The van der Waals surface area contributed by atoms with Gasteiger partial charge >= 0.3 is 0 Å². The minimum atomic E-state index is -0.106. The van der Waals surface area contributed by atoms with Crippen LogP contribution in [0.4, 0.5) is 0 Å². The maximum Gasteiger partial charge on any atom is 0.113 e. The zero-order valence-corrected chi connectivity index (χ0v) is 9.90. The lowest BCUT2D eigenvalue weighted by Crippen LogP contribution is -2.14. The van der Waals surface area contributed by atoms with E-state index in [0.29, 0.717) is 0 Å². The fourth-order valence-corrected chi connectivity index (χ4v) is 2.26. The third-order valence-electron chi connectivity index (χ3n) is 2.28. The maximum atomic E-state index is 6.10. The number of benzene rings is 1. The highest BCUT2D eigenvalue weighted by Crippen LogP contribution is 2.27. The van der Waals surface area contributed by atoms with E-state index in [9.17, 15) is 0 Å². The molecule has 2 rings (SSSR count). The minimum Gasteiger partial charge on any atom is -0.496 e. The van der Waals surface area contributed by atoms with E-state index < -0.39 is 0 Å². The molecule has 0 spiro atoms. The Morgan fingerprint density at radius 1 is 1.36 bits per heavy atom. The standard InChI is InChI=1S/C11H12INO/c12-9-5-2-1-4-8(9)11(13)10-6-3-7-14-10/h1-2,4-6,11H,3,7,13H2. The Kier molecular flexibility index (Phi) is 3.08. The van der Waals surface area contributed by atoms with Gasteiger partial charge in [0.25, 0.3) is 0 Å². The van der Waals surface area contributed by atoms with Gasteiger partial charge in [-0.3, -0.25) is 0 Å². The molecule has 0 aromatic heterocycles. The number of hydrogen-bond donors (Lipinski definition) is 1. The summed E-state index contributed by atoms with van der Waals surface area (Å²) in [4.78, 5) is 0. The van der Waals surface area contributed by atoms with Crippen LogP contribution in [0, 0.1) is 3.57 Å². The third kappa shape index (κ3) is 1.93. The highest BCUT2D eigenvalue weighted by molar-refractivity contribution is 14.1. The fourth-order valence-electron chi connectivity index (χ4n) is 1.53. The molecule has 74 valence electrons. The van der Waals surface area contributed by atoms with Crippen LogP contribution in [0.25, 0.3) is 0 Å². The molecule has 1 aliphatic heterocycles. The van der Waals surface area contributed by atoms with Gasteiger partial charge in [-0.25, -0.2) is 0 Å². The maximum absolute atomic E-state index is 6.10. The van der Waals surface area contributed by atoms with Crippen molar-refractivity contribution in [2.24, 2.45) is 5.73 Å². The molecule has 0 aliphatic carbocycles. The molecule has 3 heteroatoms. The van der Waals surface area contributed by atoms with E-state index >= 15 is 0 Å². The van der Waals surface area contributed by atoms with Crippen LogP contribution in [0.2, 0.25) is 0 Å². The summed E-state index contributed by atoms with van der Waals surface area (Å²) in [5.41, 5.74) is 7.24. The van der Waals surface area contributed by atoms with Crippen molar-refractivity contribution in [1.82, 2.24) is 0 Å². The van der Waals surface area contributed by atoms with Crippen molar-refractivity contribution in [2.75, 3.05) is 6.61 Å². The summed E-state index contributed by atoms with van der Waals surface area (Å²) in [5.74, 6) is 0.911. The summed E-state index contributed by atoms with van der Waals surface area (Å²) < 4.78 is 6.65. The molecule has 1 atom stereocenters. The van der Waals surface area contributed by atoms with Crippen LogP contribution in [0.15, 0.2) is 36.1 Å². The van der Waals surface area contributed by atoms with E-state index in [1.54, 1.807) is 0 Å². The van der Waals surface area contributed by atoms with Crippen molar-refractivity contribution in [3.63, 3.8) is 0 Å². The molecule has 2 N–H and O–H groups in total. The molecule has 2 nitrogen and oxygen atoms in total. The average Bonchev–Trinajstić information content (AvgIpc) is 2.70. The molecule has 0 radical (unpaired) electrons. The molecule has 1 aromatic rings. The van der Waals surface area contributed by atoms with Crippen LogP contribution < -0.4 is 5.73 Å². The third-order valence-corrected chi connectivity index (χ3v) is 3.26. The summed E-state index contributed by atoms with van der Waals surface area (Å²) >= 11 is 2.30. The topological polar surface area (TPSA) is 35.2 Å². The molecular weight excluding hydrogens is 289 g/mol. The van der Waals surface area contributed by atoms with Crippen molar-refractivity contribution < 1.29 is 4.74 Å². The Balaban J connectivity index is 2.26. The van der Waals surface area contributed by atoms with Gasteiger partial charge < -0.3 is 10.5 Å². The second kappa shape index (κ2) is 4.31. The molecule has 14 heavy (non-hydrogen) atoms. The molecule has 0 fully saturated rings. The summed E-state index contributed by atoms with van der Waals surface area (Å²) in [7, 11) is 0. The van der Waals surface area contributed by atoms with Crippen LogP contribution in [0.1, 0.15) is 18.0 Å². The molecule has 1 aliphatic rings. The molecule has 0 saturated heterocycles. The Morgan fingerprint density at radius 2 is 2.14 bits per heavy atom. The predicted octanol–water partition coefficient (Wildman–Crippen LogP) is 2.60. The van der Waals surface area contributed by atoms with Gasteiger partial charge in [0.05, 0.1) is 12.6 Å². The highest BCUT2D eigenvalue weighted by Gasteiger charge is 2.17. The van der Waals surface area contributed by atoms with Gasteiger partial charge in [-0.15, -0.1) is 0 Å². The Morgan fingerprint density at radius 3 is 2.79 bits per heavy atom. The molecule has 0 amide bonds. The minimum absolute atomic E-state index is 0.106. The van der Waals surface area contributed by atoms with Crippen LogP contribution in [0.3, 0.4) is 0 Å².